The normalized spacial score (nSPS) is 12.8. The number of hydrogen-bond acceptors (Lipinski definition) is 3. The number of carbonyl (C=O) groups is 1. The van der Waals surface area contributed by atoms with Crippen LogP contribution < -0.4 is 0 Å². The van der Waals surface area contributed by atoms with Crippen molar-refractivity contribution in [3.8, 4) is 0 Å². The first-order valence-corrected chi connectivity index (χ1v) is 3.13. The summed E-state index contributed by atoms with van der Waals surface area (Å²) in [6.45, 7) is 6.23. The van der Waals surface area contributed by atoms with Crippen LogP contribution in [0.5, 0.6) is 0 Å². The van der Waals surface area contributed by atoms with Crippen LogP contribution in [-0.2, 0) is 9.53 Å². The van der Waals surface area contributed by atoms with Crippen LogP contribution in [0.3, 0.4) is 0 Å². The zero-order valence-corrected chi connectivity index (χ0v) is 6.41. The quantitative estimate of drug-likeness (QED) is 0.570. The molecule has 0 bridgehead atoms. The number of aliphatic imine (C=N–C) groups is 1. The van der Waals surface area contributed by atoms with E-state index in [2.05, 4.69) is 16.3 Å². The van der Waals surface area contributed by atoms with E-state index in [9.17, 15) is 4.79 Å². The molecular formula is C7H11NO3. The molecule has 1 aliphatic rings. The summed E-state index contributed by atoms with van der Waals surface area (Å²) in [5.74, 6) is -0.935. The van der Waals surface area contributed by atoms with Gasteiger partial charge in [-0.3, -0.25) is 4.99 Å². The van der Waals surface area contributed by atoms with Crippen molar-refractivity contribution in [1.29, 1.82) is 0 Å². The van der Waals surface area contributed by atoms with Crippen molar-refractivity contribution >= 4 is 12.4 Å². The molecule has 1 N–H and O–H groups in total. The summed E-state index contributed by atoms with van der Waals surface area (Å²) >= 11 is 0. The standard InChI is InChI=1S/C4H6O2.C3H5NO/c1-3(2)4(5)6;1-2-5-3-4-1/h1H2,2H3,(H,5,6);3H,1-2H2. The molecule has 0 aromatic rings. The summed E-state index contributed by atoms with van der Waals surface area (Å²) in [5, 5.41) is 7.89. The third-order valence-electron chi connectivity index (χ3n) is 0.852. The fourth-order valence-electron chi connectivity index (χ4n) is 0.264. The van der Waals surface area contributed by atoms with E-state index in [4.69, 9.17) is 5.11 Å². The molecule has 1 rings (SSSR count). The number of ether oxygens (including phenoxy) is 1. The van der Waals surface area contributed by atoms with Crippen LogP contribution in [0, 0.1) is 0 Å². The molecule has 1 aliphatic heterocycles. The third-order valence-corrected chi connectivity index (χ3v) is 0.852. The highest BCUT2D eigenvalue weighted by Gasteiger charge is 1.90. The Hall–Kier alpha value is -1.32. The Morgan fingerprint density at radius 1 is 1.82 bits per heavy atom. The molecule has 62 valence electrons. The summed E-state index contributed by atoms with van der Waals surface area (Å²) in [5.41, 5.74) is 0.176. The van der Waals surface area contributed by atoms with E-state index >= 15 is 0 Å². The summed E-state index contributed by atoms with van der Waals surface area (Å²) in [7, 11) is 0. The SMILES string of the molecule is C1=NCCO1.C=C(C)C(=O)O. The summed E-state index contributed by atoms with van der Waals surface area (Å²) < 4.78 is 4.65. The number of rotatable bonds is 1. The molecule has 1 heterocycles. The van der Waals surface area contributed by atoms with Crippen LogP contribution in [-0.4, -0.2) is 30.6 Å². The molecule has 0 spiro atoms. The van der Waals surface area contributed by atoms with Crippen LogP contribution in [0.25, 0.3) is 0 Å². The fraction of sp³-hybridized carbons (Fsp3) is 0.429. The second-order valence-electron chi connectivity index (χ2n) is 1.97. The molecule has 0 atom stereocenters. The van der Waals surface area contributed by atoms with E-state index in [0.29, 0.717) is 0 Å². The molecule has 0 saturated heterocycles. The minimum absolute atomic E-state index is 0.176. The predicted octanol–water partition coefficient (Wildman–Crippen LogP) is 0.692. The lowest BCUT2D eigenvalue weighted by molar-refractivity contribution is -0.132. The molecule has 4 heteroatoms. The molecule has 4 nitrogen and oxygen atoms in total. The molecule has 0 fully saturated rings. The van der Waals surface area contributed by atoms with Crippen LogP contribution in [0.4, 0.5) is 0 Å². The number of carboxylic acids is 1. The van der Waals surface area contributed by atoms with Gasteiger partial charge in [0.05, 0.1) is 6.54 Å². The Balaban J connectivity index is 0.000000183. The van der Waals surface area contributed by atoms with Gasteiger partial charge >= 0.3 is 5.97 Å². The Morgan fingerprint density at radius 3 is 2.45 bits per heavy atom. The highest BCUT2D eigenvalue weighted by molar-refractivity contribution is 5.84. The van der Waals surface area contributed by atoms with Crippen molar-refractivity contribution in [2.75, 3.05) is 13.2 Å². The highest BCUT2D eigenvalue weighted by Crippen LogP contribution is 1.81. The van der Waals surface area contributed by atoms with Gasteiger partial charge in [0.2, 0.25) is 0 Å². The number of carboxylic acid groups (broad SMARTS) is 1. The van der Waals surface area contributed by atoms with Crippen LogP contribution in [0.1, 0.15) is 6.92 Å². The van der Waals surface area contributed by atoms with E-state index in [1.165, 1.54) is 13.3 Å². The van der Waals surface area contributed by atoms with Crippen molar-refractivity contribution in [1.82, 2.24) is 0 Å². The zero-order valence-electron chi connectivity index (χ0n) is 6.41. The van der Waals surface area contributed by atoms with Gasteiger partial charge in [0, 0.05) is 5.57 Å². The molecule has 0 saturated carbocycles. The van der Waals surface area contributed by atoms with Gasteiger partial charge in [-0.25, -0.2) is 4.79 Å². The van der Waals surface area contributed by atoms with Gasteiger partial charge in [-0.2, -0.15) is 0 Å². The predicted molar refractivity (Wildman–Crippen MR) is 41.8 cm³/mol. The van der Waals surface area contributed by atoms with Gasteiger partial charge in [-0.15, -0.1) is 0 Å². The number of nitrogens with zero attached hydrogens (tertiary/aromatic N) is 1. The largest absolute Gasteiger partial charge is 0.482 e. The Labute approximate surface area is 65.2 Å². The highest BCUT2D eigenvalue weighted by atomic mass is 16.5. The maximum absolute atomic E-state index is 9.60. The van der Waals surface area contributed by atoms with Crippen molar-refractivity contribution in [2.45, 2.75) is 6.92 Å². The molecule has 0 aromatic heterocycles. The summed E-state index contributed by atoms with van der Waals surface area (Å²) in [6, 6.07) is 0. The lowest BCUT2D eigenvalue weighted by Crippen LogP contribution is -1.92. The van der Waals surface area contributed by atoms with Gasteiger partial charge in [0.1, 0.15) is 6.61 Å². The molecule has 11 heavy (non-hydrogen) atoms. The van der Waals surface area contributed by atoms with Crippen LogP contribution >= 0.6 is 0 Å². The second-order valence-corrected chi connectivity index (χ2v) is 1.97. The van der Waals surface area contributed by atoms with Crippen molar-refractivity contribution in [2.24, 2.45) is 4.99 Å². The van der Waals surface area contributed by atoms with Crippen LogP contribution in [0.15, 0.2) is 17.1 Å². The van der Waals surface area contributed by atoms with Crippen molar-refractivity contribution in [3.05, 3.63) is 12.2 Å². The first-order chi connectivity index (χ1) is 5.14. The van der Waals surface area contributed by atoms with E-state index in [1.807, 2.05) is 0 Å². The molecular weight excluding hydrogens is 146 g/mol. The molecule has 0 aromatic carbocycles. The monoisotopic (exact) mass is 157 g/mol. The topological polar surface area (TPSA) is 58.9 Å². The van der Waals surface area contributed by atoms with E-state index in [-0.39, 0.29) is 5.57 Å². The number of aliphatic carboxylic acids is 1. The smallest absolute Gasteiger partial charge is 0.330 e. The first-order valence-electron chi connectivity index (χ1n) is 3.13. The Bertz CT molecular complexity index is 157. The first kappa shape index (κ1) is 9.68. The van der Waals surface area contributed by atoms with E-state index in [1.54, 1.807) is 0 Å². The third kappa shape index (κ3) is 6.57. The fourth-order valence-corrected chi connectivity index (χ4v) is 0.264. The lowest BCUT2D eigenvalue weighted by Gasteiger charge is -1.79. The Morgan fingerprint density at radius 2 is 2.36 bits per heavy atom. The Kier molecular flexibility index (Phi) is 4.81. The maximum atomic E-state index is 9.60. The summed E-state index contributed by atoms with van der Waals surface area (Å²) in [4.78, 5) is 13.3. The molecule has 0 radical (unpaired) electrons. The minimum Gasteiger partial charge on any atom is -0.482 e. The van der Waals surface area contributed by atoms with E-state index in [0.717, 1.165) is 13.2 Å². The minimum atomic E-state index is -0.935. The zero-order chi connectivity index (χ0) is 8.69. The van der Waals surface area contributed by atoms with Crippen molar-refractivity contribution in [3.63, 3.8) is 0 Å². The average molecular weight is 157 g/mol. The molecule has 0 aliphatic carbocycles. The average Bonchev–Trinajstić information content (AvgIpc) is 2.41. The second kappa shape index (κ2) is 5.46. The van der Waals surface area contributed by atoms with Gasteiger partial charge < -0.3 is 9.84 Å². The molecule has 0 unspecified atom stereocenters. The van der Waals surface area contributed by atoms with Gasteiger partial charge in [-0.1, -0.05) is 6.58 Å². The maximum Gasteiger partial charge on any atom is 0.330 e. The van der Waals surface area contributed by atoms with Gasteiger partial charge in [0.25, 0.3) is 0 Å². The van der Waals surface area contributed by atoms with Gasteiger partial charge in [-0.05, 0) is 6.92 Å². The van der Waals surface area contributed by atoms with Crippen LogP contribution in [0.2, 0.25) is 0 Å². The number of hydrogen-bond donors (Lipinski definition) is 1. The molecule has 0 amide bonds. The van der Waals surface area contributed by atoms with Gasteiger partial charge in [0.15, 0.2) is 6.40 Å². The van der Waals surface area contributed by atoms with E-state index < -0.39 is 5.97 Å². The van der Waals surface area contributed by atoms with Crippen molar-refractivity contribution < 1.29 is 14.6 Å². The lowest BCUT2D eigenvalue weighted by atomic mass is 10.4. The summed E-state index contributed by atoms with van der Waals surface area (Å²) in [6.07, 6.45) is 1.49.